The van der Waals surface area contributed by atoms with E-state index in [-0.39, 0.29) is 36.5 Å². The molecule has 0 radical (unpaired) electrons. The van der Waals surface area contributed by atoms with Gasteiger partial charge in [0.1, 0.15) is 24.7 Å². The number of hydrogen-bond acceptors (Lipinski definition) is 7. The molecule has 4 aromatic carbocycles. The van der Waals surface area contributed by atoms with Gasteiger partial charge < -0.3 is 23.6 Å². The molecule has 0 amide bonds. The molecule has 0 aromatic heterocycles. The molecule has 1 N–H and O–H groups in total. The lowest BCUT2D eigenvalue weighted by Crippen LogP contribution is -2.45. The van der Waals surface area contributed by atoms with E-state index in [0.717, 1.165) is 24.3 Å². The molecule has 1 atom stereocenters. The Morgan fingerprint density at radius 2 is 1.04 bits per heavy atom. The van der Waals surface area contributed by atoms with Crippen LogP contribution in [0, 0.1) is 5.41 Å². The summed E-state index contributed by atoms with van der Waals surface area (Å²) in [7, 11) is -5.28. The molecule has 1 unspecified atom stereocenters. The maximum Gasteiger partial charge on any atom is 0.573 e. The van der Waals surface area contributed by atoms with Gasteiger partial charge in [-0.05, 0) is 59.4 Å². The number of halogens is 5. The third kappa shape index (κ3) is 10.1. The zero-order valence-electron chi connectivity index (χ0n) is 24.4. The highest BCUT2D eigenvalue weighted by atomic mass is 31.2. The Bertz CT molecular complexity index is 1610. The average molecular weight is 679 g/mol. The second-order valence-electron chi connectivity index (χ2n) is 10.3. The minimum atomic E-state index is -5.28. The molecule has 47 heavy (non-hydrogen) atoms. The van der Waals surface area contributed by atoms with Crippen molar-refractivity contribution in [2.45, 2.75) is 38.6 Å². The van der Waals surface area contributed by atoms with Crippen LogP contribution in [-0.2, 0) is 49.7 Å². The first-order valence-corrected chi connectivity index (χ1v) is 15.6. The first kappa shape index (κ1) is 35.1. The summed E-state index contributed by atoms with van der Waals surface area (Å²) in [6, 6.07) is 26.6. The molecule has 0 spiro atoms. The van der Waals surface area contributed by atoms with E-state index in [4.69, 9.17) is 9.47 Å². The van der Waals surface area contributed by atoms with Crippen molar-refractivity contribution in [1.29, 1.82) is 0 Å². The van der Waals surface area contributed by atoms with Crippen LogP contribution in [0.15, 0.2) is 109 Å². The SMILES string of the molecule is O=C(OCc1ccccc1)C(Cc1ccc(OC(F)(F)F)cc1)(Cc1ccc(OP(=O)(O)C(F)F)cc1)C(=O)OCc1ccccc1. The Morgan fingerprint density at radius 1 is 0.638 bits per heavy atom. The van der Waals surface area contributed by atoms with Gasteiger partial charge in [-0.2, -0.15) is 8.78 Å². The molecule has 0 aliphatic rings. The van der Waals surface area contributed by atoms with E-state index >= 15 is 0 Å². The molecule has 4 rings (SSSR count). The lowest BCUT2D eigenvalue weighted by Gasteiger charge is -2.30. The summed E-state index contributed by atoms with van der Waals surface area (Å²) in [4.78, 5) is 37.4. The fourth-order valence-electron chi connectivity index (χ4n) is 4.52. The third-order valence-electron chi connectivity index (χ3n) is 6.78. The second-order valence-corrected chi connectivity index (χ2v) is 12.0. The maximum atomic E-state index is 14.0. The first-order chi connectivity index (χ1) is 22.3. The fraction of sp³-hybridized carbons (Fsp3) is 0.212. The van der Waals surface area contributed by atoms with Crippen LogP contribution in [0.2, 0.25) is 0 Å². The van der Waals surface area contributed by atoms with E-state index in [9.17, 15) is 41.0 Å². The van der Waals surface area contributed by atoms with Gasteiger partial charge in [-0.15, -0.1) is 13.2 Å². The summed E-state index contributed by atoms with van der Waals surface area (Å²) in [5, 5.41) is 0. The van der Waals surface area contributed by atoms with Crippen LogP contribution in [-0.4, -0.2) is 29.4 Å². The molecule has 248 valence electrons. The fourth-order valence-corrected chi connectivity index (χ4v) is 5.03. The monoisotopic (exact) mass is 678 g/mol. The minimum absolute atomic E-state index is 0.224. The van der Waals surface area contributed by atoms with E-state index < -0.39 is 49.6 Å². The predicted molar refractivity (Wildman–Crippen MR) is 158 cm³/mol. The number of ether oxygens (including phenoxy) is 3. The summed E-state index contributed by atoms with van der Waals surface area (Å²) in [6.45, 7) is -0.449. The van der Waals surface area contributed by atoms with Gasteiger partial charge in [0.15, 0.2) is 5.41 Å². The standard InChI is InChI=1S/C33H28F5O8P/c34-31(35)47(41,42)46-28-17-13-24(14-18-28)20-32(29(39)43-21-25-7-3-1-4-8-25,30(40)44-22-26-9-5-2-6-10-26)19-23-11-15-27(16-12-23)45-33(36,37)38/h1-18,31H,19-22H2,(H,41,42). The highest BCUT2D eigenvalue weighted by Crippen LogP contribution is 2.49. The summed E-state index contributed by atoms with van der Waals surface area (Å²) in [5.41, 5.74) is -0.378. The predicted octanol–water partition coefficient (Wildman–Crippen LogP) is 7.63. The molecule has 0 bridgehead atoms. The Kier molecular flexibility index (Phi) is 11.4. The smallest absolute Gasteiger partial charge is 0.460 e. The van der Waals surface area contributed by atoms with Crippen LogP contribution in [0.4, 0.5) is 22.0 Å². The van der Waals surface area contributed by atoms with Gasteiger partial charge in [-0.3, -0.25) is 9.59 Å². The summed E-state index contributed by atoms with van der Waals surface area (Å²) >= 11 is 0. The maximum absolute atomic E-state index is 14.0. The van der Waals surface area contributed by atoms with E-state index in [0.29, 0.717) is 11.1 Å². The normalized spacial score (nSPS) is 13.0. The van der Waals surface area contributed by atoms with Crippen molar-refractivity contribution in [1.82, 2.24) is 0 Å². The topological polar surface area (TPSA) is 108 Å². The van der Waals surface area contributed by atoms with Crippen molar-refractivity contribution in [3.8, 4) is 11.5 Å². The minimum Gasteiger partial charge on any atom is -0.460 e. The van der Waals surface area contributed by atoms with Gasteiger partial charge in [-0.25, -0.2) is 4.57 Å². The lowest BCUT2D eigenvalue weighted by molar-refractivity contribution is -0.274. The van der Waals surface area contributed by atoms with Crippen LogP contribution in [0.25, 0.3) is 0 Å². The van der Waals surface area contributed by atoms with Gasteiger partial charge in [0.2, 0.25) is 0 Å². The number of rotatable bonds is 14. The largest absolute Gasteiger partial charge is 0.573 e. The molecule has 14 heteroatoms. The molecular formula is C33H28F5O8P. The van der Waals surface area contributed by atoms with Crippen LogP contribution in [0.1, 0.15) is 22.3 Å². The van der Waals surface area contributed by atoms with Gasteiger partial charge in [0.25, 0.3) is 0 Å². The van der Waals surface area contributed by atoms with Crippen molar-refractivity contribution in [2.75, 3.05) is 0 Å². The zero-order chi connectivity index (χ0) is 34.1. The number of alkyl halides is 5. The number of esters is 2. The molecular weight excluding hydrogens is 650 g/mol. The zero-order valence-corrected chi connectivity index (χ0v) is 25.3. The van der Waals surface area contributed by atoms with Crippen molar-refractivity contribution >= 4 is 19.5 Å². The molecule has 0 saturated carbocycles. The second kappa shape index (κ2) is 15.2. The Labute approximate surface area is 266 Å². The number of benzene rings is 4. The molecule has 0 aliphatic heterocycles. The van der Waals surface area contributed by atoms with Gasteiger partial charge in [0.05, 0.1) is 0 Å². The summed E-state index contributed by atoms with van der Waals surface area (Å²) < 4.78 is 95.4. The van der Waals surface area contributed by atoms with Crippen molar-refractivity contribution < 1.29 is 59.7 Å². The average Bonchev–Trinajstić information content (AvgIpc) is 3.04. The van der Waals surface area contributed by atoms with Crippen LogP contribution in [0.5, 0.6) is 11.5 Å². The van der Waals surface area contributed by atoms with Crippen molar-refractivity contribution in [3.63, 3.8) is 0 Å². The van der Waals surface area contributed by atoms with E-state index in [1.165, 1.54) is 24.3 Å². The number of hydrogen-bond donors (Lipinski definition) is 1. The van der Waals surface area contributed by atoms with Crippen molar-refractivity contribution in [2.24, 2.45) is 5.41 Å². The highest BCUT2D eigenvalue weighted by molar-refractivity contribution is 7.53. The van der Waals surface area contributed by atoms with E-state index in [2.05, 4.69) is 9.26 Å². The quantitative estimate of drug-likeness (QED) is 0.0628. The molecule has 4 aromatic rings. The lowest BCUT2D eigenvalue weighted by atomic mass is 9.76. The number of carbonyl (C=O) groups excluding carboxylic acids is 2. The Balaban J connectivity index is 1.71. The Hall–Kier alpha value is -4.74. The van der Waals surface area contributed by atoms with Crippen LogP contribution < -0.4 is 9.26 Å². The Morgan fingerprint density at radius 3 is 1.43 bits per heavy atom. The van der Waals surface area contributed by atoms with Gasteiger partial charge in [-0.1, -0.05) is 84.9 Å². The molecule has 8 nitrogen and oxygen atoms in total. The highest BCUT2D eigenvalue weighted by Gasteiger charge is 2.49. The molecule has 0 heterocycles. The summed E-state index contributed by atoms with van der Waals surface area (Å²) in [5.74, 6) is -2.91. The van der Waals surface area contributed by atoms with E-state index in [1.807, 2.05) is 0 Å². The van der Waals surface area contributed by atoms with Gasteiger partial charge >= 0.3 is 32.1 Å². The summed E-state index contributed by atoms with van der Waals surface area (Å²) in [6.07, 6.45) is -9.37. The number of carbonyl (C=O) groups is 2. The van der Waals surface area contributed by atoms with E-state index in [1.54, 1.807) is 60.7 Å². The molecule has 0 fully saturated rings. The van der Waals surface area contributed by atoms with Crippen LogP contribution >= 0.6 is 7.60 Å². The van der Waals surface area contributed by atoms with Crippen LogP contribution in [0.3, 0.4) is 0 Å². The van der Waals surface area contributed by atoms with Crippen molar-refractivity contribution in [3.05, 3.63) is 131 Å². The third-order valence-corrected chi connectivity index (χ3v) is 7.75. The van der Waals surface area contributed by atoms with Gasteiger partial charge in [0, 0.05) is 0 Å². The molecule has 0 saturated heterocycles. The first-order valence-electron chi connectivity index (χ1n) is 13.9. The molecule has 0 aliphatic carbocycles.